The van der Waals surface area contributed by atoms with Crippen molar-refractivity contribution in [1.82, 2.24) is 10.3 Å². The van der Waals surface area contributed by atoms with Crippen LogP contribution in [-0.2, 0) is 13.0 Å². The smallest absolute Gasteiger partial charge is 0.137 e. The summed E-state index contributed by atoms with van der Waals surface area (Å²) in [6.45, 7) is 1.95. The van der Waals surface area contributed by atoms with E-state index in [1.165, 1.54) is 11.3 Å². The summed E-state index contributed by atoms with van der Waals surface area (Å²) in [7, 11) is 1.67. The van der Waals surface area contributed by atoms with Crippen molar-refractivity contribution in [3.05, 3.63) is 23.5 Å². The second-order valence-electron chi connectivity index (χ2n) is 2.91. The van der Waals surface area contributed by atoms with Crippen LogP contribution in [0.3, 0.4) is 0 Å². The molecule has 2 rings (SSSR count). The van der Waals surface area contributed by atoms with Crippen LogP contribution in [-0.4, -0.2) is 18.6 Å². The molecule has 1 aromatic heterocycles. The van der Waals surface area contributed by atoms with Gasteiger partial charge in [0.05, 0.1) is 13.3 Å². The van der Waals surface area contributed by atoms with Crippen LogP contribution >= 0.6 is 0 Å². The van der Waals surface area contributed by atoms with Crippen molar-refractivity contribution in [2.24, 2.45) is 0 Å². The Balaban J connectivity index is 2.36. The van der Waals surface area contributed by atoms with Gasteiger partial charge in [0.2, 0.25) is 0 Å². The normalized spacial score (nSPS) is 15.4. The van der Waals surface area contributed by atoms with Crippen molar-refractivity contribution in [1.29, 1.82) is 0 Å². The standard InChI is InChI=1S/C9H12N2O/c1-12-8-4-7-5-10-3-2-9(7)11-6-8/h4,6,10H,2-3,5H2,1H3. The van der Waals surface area contributed by atoms with Crippen molar-refractivity contribution < 1.29 is 4.74 Å². The van der Waals surface area contributed by atoms with E-state index in [1.807, 2.05) is 0 Å². The first-order chi connectivity index (χ1) is 5.90. The van der Waals surface area contributed by atoms with Gasteiger partial charge in [0.1, 0.15) is 5.75 Å². The summed E-state index contributed by atoms with van der Waals surface area (Å²) in [6.07, 6.45) is 2.81. The Bertz CT molecular complexity index is 286. The lowest BCUT2D eigenvalue weighted by molar-refractivity contribution is 0.411. The van der Waals surface area contributed by atoms with Gasteiger partial charge in [0.15, 0.2) is 0 Å². The topological polar surface area (TPSA) is 34.1 Å². The molecule has 0 saturated carbocycles. The molecule has 0 unspecified atom stereocenters. The molecule has 1 N–H and O–H groups in total. The van der Waals surface area contributed by atoms with Gasteiger partial charge in [-0.3, -0.25) is 4.98 Å². The van der Waals surface area contributed by atoms with Gasteiger partial charge in [-0.25, -0.2) is 0 Å². The lowest BCUT2D eigenvalue weighted by Crippen LogP contribution is -2.24. The Hall–Kier alpha value is -1.09. The van der Waals surface area contributed by atoms with Crippen LogP contribution in [0, 0.1) is 0 Å². The number of ether oxygens (including phenoxy) is 1. The highest BCUT2D eigenvalue weighted by atomic mass is 16.5. The summed E-state index contributed by atoms with van der Waals surface area (Å²) in [4.78, 5) is 4.33. The third-order valence-corrected chi connectivity index (χ3v) is 2.12. The van der Waals surface area contributed by atoms with E-state index in [0.717, 1.165) is 25.3 Å². The second-order valence-corrected chi connectivity index (χ2v) is 2.91. The number of fused-ring (bicyclic) bond motifs is 1. The predicted octanol–water partition coefficient (Wildman–Crippen LogP) is 0.736. The number of rotatable bonds is 1. The van der Waals surface area contributed by atoms with Crippen LogP contribution in [0.5, 0.6) is 5.75 Å². The van der Waals surface area contributed by atoms with Gasteiger partial charge < -0.3 is 10.1 Å². The first-order valence-electron chi connectivity index (χ1n) is 4.12. The van der Waals surface area contributed by atoms with Crippen LogP contribution in [0.4, 0.5) is 0 Å². The molecule has 0 amide bonds. The zero-order chi connectivity index (χ0) is 8.39. The van der Waals surface area contributed by atoms with E-state index in [2.05, 4.69) is 16.4 Å². The molecule has 0 fully saturated rings. The molecule has 1 aliphatic heterocycles. The van der Waals surface area contributed by atoms with E-state index in [1.54, 1.807) is 13.3 Å². The SMILES string of the molecule is COc1cnc2c(c1)CNCC2. The molecule has 64 valence electrons. The van der Waals surface area contributed by atoms with Crippen molar-refractivity contribution in [3.63, 3.8) is 0 Å². The van der Waals surface area contributed by atoms with E-state index in [4.69, 9.17) is 4.74 Å². The van der Waals surface area contributed by atoms with Crippen molar-refractivity contribution >= 4 is 0 Å². The number of hydrogen-bond acceptors (Lipinski definition) is 3. The Morgan fingerprint density at radius 3 is 3.33 bits per heavy atom. The molecule has 0 aliphatic carbocycles. The molecule has 1 aliphatic rings. The van der Waals surface area contributed by atoms with Gasteiger partial charge in [0.25, 0.3) is 0 Å². The summed E-state index contributed by atoms with van der Waals surface area (Å²) in [6, 6.07) is 2.05. The predicted molar refractivity (Wildman–Crippen MR) is 46.2 cm³/mol. The minimum absolute atomic E-state index is 0.845. The molecule has 12 heavy (non-hydrogen) atoms. The Morgan fingerprint density at radius 1 is 1.58 bits per heavy atom. The lowest BCUT2D eigenvalue weighted by Gasteiger charge is -2.16. The number of nitrogens with zero attached hydrogens (tertiary/aromatic N) is 1. The third kappa shape index (κ3) is 1.28. The third-order valence-electron chi connectivity index (χ3n) is 2.12. The summed E-state index contributed by atoms with van der Waals surface area (Å²) in [5, 5.41) is 3.30. The Kier molecular flexibility index (Phi) is 1.96. The van der Waals surface area contributed by atoms with E-state index in [0.29, 0.717) is 0 Å². The molecule has 0 radical (unpaired) electrons. The first kappa shape index (κ1) is 7.55. The molecule has 0 bridgehead atoms. The molecular weight excluding hydrogens is 152 g/mol. The van der Waals surface area contributed by atoms with Gasteiger partial charge in [-0.1, -0.05) is 0 Å². The number of hydrogen-bond donors (Lipinski definition) is 1. The summed E-state index contributed by atoms with van der Waals surface area (Å²) in [5.74, 6) is 0.845. The first-order valence-corrected chi connectivity index (χ1v) is 4.12. The zero-order valence-electron chi connectivity index (χ0n) is 7.13. The number of pyridine rings is 1. The fourth-order valence-electron chi connectivity index (χ4n) is 1.44. The molecular formula is C9H12N2O. The molecule has 2 heterocycles. The second kappa shape index (κ2) is 3.11. The summed E-state index contributed by atoms with van der Waals surface area (Å²) < 4.78 is 5.09. The van der Waals surface area contributed by atoms with Crippen LogP contribution in [0.25, 0.3) is 0 Å². The number of aromatic nitrogens is 1. The highest BCUT2D eigenvalue weighted by molar-refractivity contribution is 5.30. The van der Waals surface area contributed by atoms with E-state index < -0.39 is 0 Å². The van der Waals surface area contributed by atoms with Gasteiger partial charge in [0, 0.05) is 25.2 Å². The number of nitrogens with one attached hydrogen (secondary N) is 1. The minimum Gasteiger partial charge on any atom is -0.495 e. The summed E-state index contributed by atoms with van der Waals surface area (Å²) >= 11 is 0. The molecule has 0 saturated heterocycles. The molecule has 0 spiro atoms. The van der Waals surface area contributed by atoms with Crippen LogP contribution in [0.2, 0.25) is 0 Å². The average molecular weight is 164 g/mol. The highest BCUT2D eigenvalue weighted by Gasteiger charge is 2.09. The van der Waals surface area contributed by atoms with E-state index in [9.17, 15) is 0 Å². The Morgan fingerprint density at radius 2 is 2.50 bits per heavy atom. The molecule has 3 heteroatoms. The summed E-state index contributed by atoms with van der Waals surface area (Å²) in [5.41, 5.74) is 2.47. The van der Waals surface area contributed by atoms with E-state index in [-0.39, 0.29) is 0 Å². The maximum absolute atomic E-state index is 5.09. The lowest BCUT2D eigenvalue weighted by atomic mass is 10.1. The van der Waals surface area contributed by atoms with Crippen molar-refractivity contribution in [3.8, 4) is 5.75 Å². The fourth-order valence-corrected chi connectivity index (χ4v) is 1.44. The molecule has 3 nitrogen and oxygen atoms in total. The monoisotopic (exact) mass is 164 g/mol. The number of methoxy groups -OCH3 is 1. The average Bonchev–Trinajstić information content (AvgIpc) is 2.17. The fraction of sp³-hybridized carbons (Fsp3) is 0.444. The maximum atomic E-state index is 5.09. The molecule has 0 atom stereocenters. The minimum atomic E-state index is 0.845. The largest absolute Gasteiger partial charge is 0.495 e. The quantitative estimate of drug-likeness (QED) is 0.664. The maximum Gasteiger partial charge on any atom is 0.137 e. The van der Waals surface area contributed by atoms with Gasteiger partial charge >= 0.3 is 0 Å². The highest BCUT2D eigenvalue weighted by Crippen LogP contribution is 2.16. The molecule has 1 aromatic rings. The van der Waals surface area contributed by atoms with Crippen LogP contribution < -0.4 is 10.1 Å². The molecule has 0 aromatic carbocycles. The van der Waals surface area contributed by atoms with Gasteiger partial charge in [-0.15, -0.1) is 0 Å². The van der Waals surface area contributed by atoms with Crippen molar-refractivity contribution in [2.45, 2.75) is 13.0 Å². The zero-order valence-corrected chi connectivity index (χ0v) is 7.13. The Labute approximate surface area is 71.8 Å². The van der Waals surface area contributed by atoms with E-state index >= 15 is 0 Å². The van der Waals surface area contributed by atoms with Crippen molar-refractivity contribution in [2.75, 3.05) is 13.7 Å². The van der Waals surface area contributed by atoms with Gasteiger partial charge in [-0.2, -0.15) is 0 Å². The van der Waals surface area contributed by atoms with Crippen LogP contribution in [0.15, 0.2) is 12.3 Å². The van der Waals surface area contributed by atoms with Crippen LogP contribution in [0.1, 0.15) is 11.3 Å². The van der Waals surface area contributed by atoms with Gasteiger partial charge in [-0.05, 0) is 11.6 Å².